The predicted octanol–water partition coefficient (Wildman–Crippen LogP) is 3.29. The van der Waals surface area contributed by atoms with Crippen molar-refractivity contribution in [2.45, 2.75) is 5.92 Å². The van der Waals surface area contributed by atoms with Crippen LogP contribution < -0.4 is 0 Å². The molecule has 2 rings (SSSR count). The number of rotatable bonds is 4. The van der Waals surface area contributed by atoms with Crippen LogP contribution in [0.2, 0.25) is 0 Å². The monoisotopic (exact) mass is 290 g/mol. The predicted molar refractivity (Wildman–Crippen MR) is 70.1 cm³/mol. The van der Waals surface area contributed by atoms with Crippen LogP contribution in [0.5, 0.6) is 0 Å². The molecule has 20 heavy (non-hydrogen) atoms. The SMILES string of the molecule is N#CC(C(=O)c1ccc(F)cc1[N+](=O)[O-])c1cccs1. The van der Waals surface area contributed by atoms with Gasteiger partial charge in [-0.25, -0.2) is 4.39 Å². The second-order valence-corrected chi connectivity index (χ2v) is 4.84. The third kappa shape index (κ3) is 2.55. The largest absolute Gasteiger partial charge is 0.292 e. The molecular weight excluding hydrogens is 283 g/mol. The quantitative estimate of drug-likeness (QED) is 0.491. The molecule has 2 aromatic rings. The Hall–Kier alpha value is -2.59. The Morgan fingerprint density at radius 2 is 2.20 bits per heavy atom. The molecule has 0 saturated heterocycles. The Morgan fingerprint density at radius 3 is 2.75 bits per heavy atom. The first-order valence-corrected chi connectivity index (χ1v) is 6.33. The van der Waals surface area contributed by atoms with Crippen molar-refractivity contribution in [1.29, 1.82) is 5.26 Å². The lowest BCUT2D eigenvalue weighted by Gasteiger charge is -2.06. The highest BCUT2D eigenvalue weighted by molar-refractivity contribution is 7.10. The number of nitriles is 1. The van der Waals surface area contributed by atoms with Crippen molar-refractivity contribution >= 4 is 22.8 Å². The zero-order chi connectivity index (χ0) is 14.7. The summed E-state index contributed by atoms with van der Waals surface area (Å²) in [5, 5.41) is 21.7. The molecule has 0 aliphatic carbocycles. The molecule has 1 aromatic carbocycles. The Kier molecular flexibility index (Phi) is 3.86. The molecule has 1 atom stereocenters. The summed E-state index contributed by atoms with van der Waals surface area (Å²) in [6, 6.07) is 7.78. The highest BCUT2D eigenvalue weighted by Gasteiger charge is 2.29. The van der Waals surface area contributed by atoms with E-state index in [1.165, 1.54) is 11.3 Å². The normalized spacial score (nSPS) is 11.6. The minimum Gasteiger partial charge on any atom is -0.292 e. The van der Waals surface area contributed by atoms with E-state index in [1.54, 1.807) is 17.5 Å². The van der Waals surface area contributed by atoms with Crippen LogP contribution in [-0.2, 0) is 0 Å². The Labute approximate surface area is 117 Å². The van der Waals surface area contributed by atoms with Gasteiger partial charge < -0.3 is 0 Å². The molecule has 1 unspecified atom stereocenters. The summed E-state index contributed by atoms with van der Waals surface area (Å²) in [5.74, 6) is -2.64. The van der Waals surface area contributed by atoms with Gasteiger partial charge in [-0.2, -0.15) is 5.26 Å². The molecule has 0 saturated carbocycles. The van der Waals surface area contributed by atoms with E-state index in [0.717, 1.165) is 12.1 Å². The Morgan fingerprint density at radius 1 is 1.45 bits per heavy atom. The lowest BCUT2D eigenvalue weighted by molar-refractivity contribution is -0.385. The van der Waals surface area contributed by atoms with Gasteiger partial charge in [0.05, 0.1) is 22.6 Å². The van der Waals surface area contributed by atoms with Crippen LogP contribution in [0.4, 0.5) is 10.1 Å². The number of carbonyl (C=O) groups is 1. The molecule has 0 N–H and O–H groups in total. The average Bonchev–Trinajstić information content (AvgIpc) is 2.93. The standard InChI is InChI=1S/C13H7FN2O3S/c14-8-3-4-9(11(6-8)16(18)19)13(17)10(7-15)12-2-1-5-20-12/h1-6,10H. The fourth-order valence-corrected chi connectivity index (χ4v) is 2.49. The highest BCUT2D eigenvalue weighted by Crippen LogP contribution is 2.29. The van der Waals surface area contributed by atoms with Gasteiger partial charge in [-0.05, 0) is 23.6 Å². The second-order valence-electron chi connectivity index (χ2n) is 3.86. The fraction of sp³-hybridized carbons (Fsp3) is 0.0769. The number of hydrogen-bond donors (Lipinski definition) is 0. The average molecular weight is 290 g/mol. The lowest BCUT2D eigenvalue weighted by Crippen LogP contribution is -2.12. The molecule has 0 aliphatic rings. The summed E-state index contributed by atoms with van der Waals surface area (Å²) < 4.78 is 13.0. The molecule has 7 heteroatoms. The van der Waals surface area contributed by atoms with Gasteiger partial charge in [0.15, 0.2) is 5.78 Å². The number of benzene rings is 1. The van der Waals surface area contributed by atoms with Crippen molar-refractivity contribution in [3.05, 3.63) is 62.1 Å². The fourth-order valence-electron chi connectivity index (χ4n) is 1.73. The van der Waals surface area contributed by atoms with E-state index >= 15 is 0 Å². The number of carbonyl (C=O) groups excluding carboxylic acids is 1. The number of thiophene rings is 1. The van der Waals surface area contributed by atoms with Crippen molar-refractivity contribution in [2.24, 2.45) is 0 Å². The van der Waals surface area contributed by atoms with Crippen molar-refractivity contribution < 1.29 is 14.1 Å². The number of nitrogens with zero attached hydrogens (tertiary/aromatic N) is 2. The number of halogens is 1. The van der Waals surface area contributed by atoms with Gasteiger partial charge in [0.1, 0.15) is 11.7 Å². The maximum atomic E-state index is 13.0. The summed E-state index contributed by atoms with van der Waals surface area (Å²) in [5.41, 5.74) is -0.900. The number of Topliss-reactive ketones (excluding diaryl/α,β-unsaturated/α-hetero) is 1. The summed E-state index contributed by atoms with van der Waals surface area (Å²) in [6.07, 6.45) is 0. The molecule has 0 amide bonds. The molecule has 0 aliphatic heterocycles. The van der Waals surface area contributed by atoms with Crippen molar-refractivity contribution in [3.8, 4) is 6.07 Å². The smallest absolute Gasteiger partial charge is 0.283 e. The first kappa shape index (κ1) is 13.8. The zero-order valence-corrected chi connectivity index (χ0v) is 10.8. The number of nitro groups is 1. The third-order valence-corrected chi connectivity index (χ3v) is 3.58. The summed E-state index contributed by atoms with van der Waals surface area (Å²) in [7, 11) is 0. The molecule has 1 heterocycles. The van der Waals surface area contributed by atoms with Crippen LogP contribution in [0.15, 0.2) is 35.7 Å². The maximum Gasteiger partial charge on any atom is 0.283 e. The summed E-state index contributed by atoms with van der Waals surface area (Å²) >= 11 is 1.21. The topological polar surface area (TPSA) is 84.0 Å². The van der Waals surface area contributed by atoms with Crippen LogP contribution in [0.25, 0.3) is 0 Å². The van der Waals surface area contributed by atoms with E-state index in [9.17, 15) is 19.3 Å². The van der Waals surface area contributed by atoms with E-state index in [2.05, 4.69) is 0 Å². The summed E-state index contributed by atoms with van der Waals surface area (Å²) in [4.78, 5) is 22.8. The second kappa shape index (κ2) is 5.59. The Balaban J connectivity index is 2.48. The summed E-state index contributed by atoms with van der Waals surface area (Å²) in [6.45, 7) is 0. The number of ketones is 1. The van der Waals surface area contributed by atoms with Crippen LogP contribution in [0.1, 0.15) is 21.2 Å². The van der Waals surface area contributed by atoms with Gasteiger partial charge >= 0.3 is 0 Å². The number of nitro benzene ring substituents is 1. The molecule has 0 spiro atoms. The van der Waals surface area contributed by atoms with E-state index in [0.29, 0.717) is 10.9 Å². The van der Waals surface area contributed by atoms with E-state index < -0.39 is 28.1 Å². The van der Waals surface area contributed by atoms with Gasteiger partial charge in [0.2, 0.25) is 0 Å². The molecular formula is C13H7FN2O3S. The molecule has 0 fully saturated rings. The van der Waals surface area contributed by atoms with Crippen LogP contribution >= 0.6 is 11.3 Å². The van der Waals surface area contributed by atoms with Crippen LogP contribution in [0, 0.1) is 27.3 Å². The van der Waals surface area contributed by atoms with Gasteiger partial charge in [-0.1, -0.05) is 6.07 Å². The van der Waals surface area contributed by atoms with Gasteiger partial charge in [0, 0.05) is 4.88 Å². The van der Waals surface area contributed by atoms with Crippen molar-refractivity contribution in [2.75, 3.05) is 0 Å². The van der Waals surface area contributed by atoms with Gasteiger partial charge in [-0.3, -0.25) is 14.9 Å². The van der Waals surface area contributed by atoms with Crippen LogP contribution in [0.3, 0.4) is 0 Å². The number of hydrogen-bond acceptors (Lipinski definition) is 5. The third-order valence-electron chi connectivity index (χ3n) is 2.64. The minimum absolute atomic E-state index is 0.267. The first-order chi connectivity index (χ1) is 9.54. The van der Waals surface area contributed by atoms with E-state index in [4.69, 9.17) is 5.26 Å². The Bertz CT molecular complexity index is 707. The molecule has 100 valence electrons. The highest BCUT2D eigenvalue weighted by atomic mass is 32.1. The molecule has 0 radical (unpaired) electrons. The van der Waals surface area contributed by atoms with Crippen molar-refractivity contribution in [1.82, 2.24) is 0 Å². The van der Waals surface area contributed by atoms with Gasteiger partial charge in [-0.15, -0.1) is 11.3 Å². The minimum atomic E-state index is -1.13. The maximum absolute atomic E-state index is 13.0. The lowest BCUT2D eigenvalue weighted by atomic mass is 9.96. The van der Waals surface area contributed by atoms with Crippen molar-refractivity contribution in [3.63, 3.8) is 0 Å². The first-order valence-electron chi connectivity index (χ1n) is 5.45. The van der Waals surface area contributed by atoms with E-state index in [1.807, 2.05) is 6.07 Å². The molecule has 0 bridgehead atoms. The van der Waals surface area contributed by atoms with E-state index in [-0.39, 0.29) is 5.56 Å². The molecule has 5 nitrogen and oxygen atoms in total. The molecule has 1 aromatic heterocycles. The van der Waals surface area contributed by atoms with Gasteiger partial charge in [0.25, 0.3) is 5.69 Å². The zero-order valence-electron chi connectivity index (χ0n) is 9.95. The van der Waals surface area contributed by atoms with Crippen LogP contribution in [-0.4, -0.2) is 10.7 Å².